The van der Waals surface area contributed by atoms with Crippen molar-refractivity contribution in [2.75, 3.05) is 13.2 Å². The fraction of sp³-hybridized carbons (Fsp3) is 0.308. The monoisotopic (exact) mass is 316 g/mol. The van der Waals surface area contributed by atoms with E-state index in [0.29, 0.717) is 6.54 Å². The van der Waals surface area contributed by atoms with E-state index in [4.69, 9.17) is 11.6 Å². The van der Waals surface area contributed by atoms with E-state index in [1.54, 1.807) is 6.92 Å². The third-order valence-corrected chi connectivity index (χ3v) is 2.69. The van der Waals surface area contributed by atoms with Gasteiger partial charge in [-0.05, 0) is 19.1 Å². The number of halogens is 2. The number of hydrogen-bond acceptors (Lipinski definition) is 4. The lowest BCUT2D eigenvalue weighted by molar-refractivity contribution is -0.147. The first-order valence-electron chi connectivity index (χ1n) is 6.10. The lowest BCUT2D eigenvalue weighted by Gasteiger charge is -2.07. The van der Waals surface area contributed by atoms with Crippen molar-refractivity contribution in [1.29, 1.82) is 0 Å². The van der Waals surface area contributed by atoms with Crippen LogP contribution in [0.3, 0.4) is 0 Å². The molecule has 0 fully saturated rings. The summed E-state index contributed by atoms with van der Waals surface area (Å²) in [6.45, 7) is 1.40. The third-order valence-electron chi connectivity index (χ3n) is 2.34. The number of carbonyl (C=O) groups excluding carboxylic acids is 3. The fourth-order valence-corrected chi connectivity index (χ4v) is 1.64. The van der Waals surface area contributed by atoms with Gasteiger partial charge in [-0.3, -0.25) is 14.9 Å². The molecule has 0 heterocycles. The van der Waals surface area contributed by atoms with Gasteiger partial charge in [0.15, 0.2) is 6.61 Å². The highest BCUT2D eigenvalue weighted by atomic mass is 35.5. The van der Waals surface area contributed by atoms with Crippen LogP contribution in [0.4, 0.5) is 9.18 Å². The molecule has 1 rings (SSSR count). The van der Waals surface area contributed by atoms with Gasteiger partial charge in [0.1, 0.15) is 5.82 Å². The Balaban J connectivity index is 2.44. The van der Waals surface area contributed by atoms with Gasteiger partial charge in [-0.1, -0.05) is 17.7 Å². The Morgan fingerprint density at radius 1 is 1.33 bits per heavy atom. The molecule has 0 aliphatic rings. The molecular formula is C13H14ClFN2O4. The summed E-state index contributed by atoms with van der Waals surface area (Å²) in [5, 5.41) is 4.39. The van der Waals surface area contributed by atoms with Crippen LogP contribution in [-0.4, -0.2) is 31.1 Å². The minimum Gasteiger partial charge on any atom is -0.455 e. The number of nitrogens with one attached hydrogen (secondary N) is 2. The van der Waals surface area contributed by atoms with Crippen LogP contribution >= 0.6 is 11.6 Å². The molecule has 2 N–H and O–H groups in total. The summed E-state index contributed by atoms with van der Waals surface area (Å²) >= 11 is 5.76. The van der Waals surface area contributed by atoms with Crippen LogP contribution < -0.4 is 10.6 Å². The second kappa shape index (κ2) is 8.21. The smallest absolute Gasteiger partial charge is 0.321 e. The van der Waals surface area contributed by atoms with E-state index in [1.807, 2.05) is 5.32 Å². The van der Waals surface area contributed by atoms with Crippen molar-refractivity contribution in [2.24, 2.45) is 0 Å². The Bertz CT molecular complexity index is 531. The summed E-state index contributed by atoms with van der Waals surface area (Å²) in [5.74, 6) is -2.24. The second-order valence-corrected chi connectivity index (χ2v) is 4.35. The molecule has 0 saturated heterocycles. The van der Waals surface area contributed by atoms with Crippen molar-refractivity contribution in [2.45, 2.75) is 13.3 Å². The normalized spacial score (nSPS) is 9.86. The van der Waals surface area contributed by atoms with E-state index < -0.39 is 36.8 Å². The van der Waals surface area contributed by atoms with Crippen molar-refractivity contribution in [3.63, 3.8) is 0 Å². The molecule has 0 unspecified atom stereocenters. The summed E-state index contributed by atoms with van der Waals surface area (Å²) in [4.78, 5) is 33.8. The molecule has 0 radical (unpaired) electrons. The number of hydrogen-bond donors (Lipinski definition) is 2. The van der Waals surface area contributed by atoms with E-state index >= 15 is 0 Å². The molecule has 6 nitrogen and oxygen atoms in total. The maximum Gasteiger partial charge on any atom is 0.321 e. The van der Waals surface area contributed by atoms with Gasteiger partial charge in [0.25, 0.3) is 5.91 Å². The van der Waals surface area contributed by atoms with Gasteiger partial charge >= 0.3 is 12.0 Å². The first kappa shape index (κ1) is 16.9. The van der Waals surface area contributed by atoms with Crippen molar-refractivity contribution >= 4 is 29.5 Å². The number of urea groups is 1. The zero-order valence-electron chi connectivity index (χ0n) is 11.2. The van der Waals surface area contributed by atoms with E-state index in [9.17, 15) is 18.8 Å². The first-order chi connectivity index (χ1) is 9.93. The Morgan fingerprint density at radius 2 is 2.05 bits per heavy atom. The van der Waals surface area contributed by atoms with E-state index in [1.165, 1.54) is 12.1 Å². The zero-order chi connectivity index (χ0) is 15.8. The number of ether oxygens (including phenoxy) is 1. The van der Waals surface area contributed by atoms with Gasteiger partial charge in [-0.15, -0.1) is 0 Å². The molecule has 0 atom stereocenters. The molecule has 0 saturated carbocycles. The van der Waals surface area contributed by atoms with Crippen LogP contribution in [0.5, 0.6) is 0 Å². The van der Waals surface area contributed by atoms with Crippen molar-refractivity contribution < 1.29 is 23.5 Å². The van der Waals surface area contributed by atoms with E-state index in [0.717, 1.165) is 6.07 Å². The predicted octanol–water partition coefficient (Wildman–Crippen LogP) is 1.41. The number of carbonyl (C=O) groups is 3. The van der Waals surface area contributed by atoms with Crippen LogP contribution in [0.15, 0.2) is 18.2 Å². The average molecular weight is 317 g/mol. The molecule has 1 aromatic carbocycles. The van der Waals surface area contributed by atoms with Gasteiger partial charge in [-0.2, -0.15) is 0 Å². The average Bonchev–Trinajstić information content (AvgIpc) is 2.41. The van der Waals surface area contributed by atoms with Crippen LogP contribution in [-0.2, 0) is 20.7 Å². The maximum atomic E-state index is 13.4. The fourth-order valence-electron chi connectivity index (χ4n) is 1.41. The molecule has 1 aromatic rings. The first-order valence-corrected chi connectivity index (χ1v) is 6.48. The van der Waals surface area contributed by atoms with E-state index in [-0.39, 0.29) is 10.6 Å². The molecule has 0 aliphatic carbocycles. The molecule has 3 amide bonds. The topological polar surface area (TPSA) is 84.5 Å². The molecule has 0 spiro atoms. The highest BCUT2D eigenvalue weighted by Gasteiger charge is 2.15. The van der Waals surface area contributed by atoms with Crippen LogP contribution in [0.2, 0.25) is 5.02 Å². The maximum absolute atomic E-state index is 13.4. The molecular weight excluding hydrogens is 303 g/mol. The standard InChI is InChI=1S/C13H14ClFN2O4/c1-2-16-13(20)17-11(18)7-21-12(19)6-8-9(14)4-3-5-10(8)15/h3-5H,2,6-7H2,1H3,(H2,16,17,18,20). The summed E-state index contributed by atoms with van der Waals surface area (Å²) in [6.07, 6.45) is -0.403. The number of amides is 3. The van der Waals surface area contributed by atoms with Crippen LogP contribution in [0, 0.1) is 5.82 Å². The summed E-state index contributed by atoms with van der Waals surface area (Å²) < 4.78 is 18.1. The highest BCUT2D eigenvalue weighted by molar-refractivity contribution is 6.31. The number of benzene rings is 1. The van der Waals surface area contributed by atoms with Gasteiger partial charge in [0.05, 0.1) is 6.42 Å². The number of rotatable bonds is 5. The molecule has 0 aromatic heterocycles. The summed E-state index contributed by atoms with van der Waals surface area (Å²) in [6, 6.07) is 3.33. The largest absolute Gasteiger partial charge is 0.455 e. The predicted molar refractivity (Wildman–Crippen MR) is 73.3 cm³/mol. The lowest BCUT2D eigenvalue weighted by Crippen LogP contribution is -2.41. The zero-order valence-corrected chi connectivity index (χ0v) is 12.0. The molecule has 0 bridgehead atoms. The lowest BCUT2D eigenvalue weighted by atomic mass is 10.1. The highest BCUT2D eigenvalue weighted by Crippen LogP contribution is 2.19. The minimum atomic E-state index is -0.826. The second-order valence-electron chi connectivity index (χ2n) is 3.95. The van der Waals surface area contributed by atoms with Crippen LogP contribution in [0.1, 0.15) is 12.5 Å². The van der Waals surface area contributed by atoms with Gasteiger partial charge in [-0.25, -0.2) is 9.18 Å². The van der Waals surface area contributed by atoms with Gasteiger partial charge < -0.3 is 10.1 Å². The molecule has 0 aliphatic heterocycles. The van der Waals surface area contributed by atoms with Gasteiger partial charge in [0.2, 0.25) is 0 Å². The minimum absolute atomic E-state index is 0.00620. The molecule has 21 heavy (non-hydrogen) atoms. The van der Waals surface area contributed by atoms with Gasteiger partial charge in [0, 0.05) is 17.1 Å². The Kier molecular flexibility index (Phi) is 6.61. The number of imide groups is 1. The molecule has 8 heteroatoms. The summed E-state index contributed by atoms with van der Waals surface area (Å²) in [5.41, 5.74) is -0.00620. The Hall–Kier alpha value is -2.15. The Labute approximate surface area is 125 Å². The third kappa shape index (κ3) is 5.78. The number of esters is 1. The van der Waals surface area contributed by atoms with E-state index in [2.05, 4.69) is 10.1 Å². The van der Waals surface area contributed by atoms with Crippen molar-refractivity contribution in [3.05, 3.63) is 34.6 Å². The SMILES string of the molecule is CCNC(=O)NC(=O)COC(=O)Cc1c(F)cccc1Cl. The Morgan fingerprint density at radius 3 is 2.67 bits per heavy atom. The van der Waals surface area contributed by atoms with Crippen molar-refractivity contribution in [1.82, 2.24) is 10.6 Å². The quantitative estimate of drug-likeness (QED) is 0.804. The summed E-state index contributed by atoms with van der Waals surface area (Å²) in [7, 11) is 0. The van der Waals surface area contributed by atoms with Crippen LogP contribution in [0.25, 0.3) is 0 Å². The molecule has 114 valence electrons. The van der Waals surface area contributed by atoms with Crippen molar-refractivity contribution in [3.8, 4) is 0 Å².